The molecule has 5 nitrogen and oxygen atoms in total. The molecule has 1 aromatic rings. The van der Waals surface area contributed by atoms with Gasteiger partial charge in [-0.2, -0.15) is 0 Å². The largest absolute Gasteiger partial charge is 0.444 e. The van der Waals surface area contributed by atoms with Crippen molar-refractivity contribution < 1.29 is 14.3 Å². The van der Waals surface area contributed by atoms with Crippen molar-refractivity contribution in [2.45, 2.75) is 58.8 Å². The van der Waals surface area contributed by atoms with Crippen LogP contribution in [0, 0.1) is 0 Å². The SMILES string of the molecule is CC(C)(C)OC(=O)N1CCCN(Cc2ccccc2)CC(C)(C)OCC1. The van der Waals surface area contributed by atoms with Gasteiger partial charge in [0, 0.05) is 32.7 Å². The summed E-state index contributed by atoms with van der Waals surface area (Å²) in [6, 6.07) is 10.5. The molecule has 2 rings (SSSR count). The summed E-state index contributed by atoms with van der Waals surface area (Å²) in [5.74, 6) is 0. The molecule has 0 radical (unpaired) electrons. The third-order valence-electron chi connectivity index (χ3n) is 4.26. The normalized spacial score (nSPS) is 19.8. The lowest BCUT2D eigenvalue weighted by molar-refractivity contribution is -0.0564. The van der Waals surface area contributed by atoms with Gasteiger partial charge >= 0.3 is 6.09 Å². The molecular formula is C21H34N2O3. The molecule has 1 aromatic carbocycles. The molecule has 0 spiro atoms. The molecule has 0 unspecified atom stereocenters. The van der Waals surface area contributed by atoms with Crippen LogP contribution in [0.3, 0.4) is 0 Å². The summed E-state index contributed by atoms with van der Waals surface area (Å²) in [5.41, 5.74) is 0.557. The van der Waals surface area contributed by atoms with Crippen molar-refractivity contribution in [3.05, 3.63) is 35.9 Å². The van der Waals surface area contributed by atoms with Crippen LogP contribution in [-0.2, 0) is 16.0 Å². The zero-order valence-corrected chi connectivity index (χ0v) is 17.0. The van der Waals surface area contributed by atoms with E-state index in [1.807, 2.05) is 26.8 Å². The fraction of sp³-hybridized carbons (Fsp3) is 0.667. The highest BCUT2D eigenvalue weighted by Gasteiger charge is 2.27. The maximum Gasteiger partial charge on any atom is 0.410 e. The Hall–Kier alpha value is -1.59. The zero-order chi connectivity index (χ0) is 19.2. The molecule has 0 atom stereocenters. The molecule has 1 aliphatic rings. The van der Waals surface area contributed by atoms with Gasteiger partial charge in [-0.15, -0.1) is 0 Å². The van der Waals surface area contributed by atoms with Crippen molar-refractivity contribution in [3.63, 3.8) is 0 Å². The Labute approximate surface area is 158 Å². The number of hydrogen-bond donors (Lipinski definition) is 0. The van der Waals surface area contributed by atoms with E-state index in [4.69, 9.17) is 9.47 Å². The van der Waals surface area contributed by atoms with Crippen molar-refractivity contribution in [3.8, 4) is 0 Å². The lowest BCUT2D eigenvalue weighted by Crippen LogP contribution is -2.46. The van der Waals surface area contributed by atoms with E-state index in [1.54, 1.807) is 4.90 Å². The molecule has 0 aromatic heterocycles. The standard InChI is InChI=1S/C21H34N2O3/c1-20(2,3)26-19(24)23-13-9-12-22(16-18-10-7-6-8-11-18)17-21(4,5)25-15-14-23/h6-8,10-11H,9,12-17H2,1-5H3. The van der Waals surface area contributed by atoms with Gasteiger partial charge in [0.2, 0.25) is 0 Å². The van der Waals surface area contributed by atoms with Crippen LogP contribution in [0.2, 0.25) is 0 Å². The van der Waals surface area contributed by atoms with E-state index in [2.05, 4.69) is 43.0 Å². The number of rotatable bonds is 2. The quantitative estimate of drug-likeness (QED) is 0.799. The third-order valence-corrected chi connectivity index (χ3v) is 4.26. The Morgan fingerprint density at radius 1 is 1.15 bits per heavy atom. The summed E-state index contributed by atoms with van der Waals surface area (Å²) in [4.78, 5) is 16.6. The van der Waals surface area contributed by atoms with Gasteiger partial charge in [-0.05, 0) is 46.6 Å². The summed E-state index contributed by atoms with van der Waals surface area (Å²) in [7, 11) is 0. The zero-order valence-electron chi connectivity index (χ0n) is 17.0. The lowest BCUT2D eigenvalue weighted by atomic mass is 10.1. The predicted octanol–water partition coefficient (Wildman–Crippen LogP) is 3.92. The van der Waals surface area contributed by atoms with Gasteiger partial charge in [0.05, 0.1) is 12.2 Å². The Morgan fingerprint density at radius 3 is 2.50 bits per heavy atom. The van der Waals surface area contributed by atoms with E-state index in [0.717, 1.165) is 26.1 Å². The van der Waals surface area contributed by atoms with Crippen LogP contribution in [0.1, 0.15) is 46.6 Å². The maximum absolute atomic E-state index is 12.4. The molecule has 0 N–H and O–H groups in total. The molecule has 146 valence electrons. The molecule has 1 aliphatic heterocycles. The third kappa shape index (κ3) is 7.34. The van der Waals surface area contributed by atoms with E-state index in [-0.39, 0.29) is 11.7 Å². The van der Waals surface area contributed by atoms with Crippen LogP contribution < -0.4 is 0 Å². The van der Waals surface area contributed by atoms with Gasteiger partial charge in [0.15, 0.2) is 0 Å². The van der Waals surface area contributed by atoms with E-state index < -0.39 is 5.60 Å². The molecular weight excluding hydrogens is 328 g/mol. The Kier molecular flexibility index (Phi) is 7.07. The first-order valence-corrected chi connectivity index (χ1v) is 9.53. The fourth-order valence-corrected chi connectivity index (χ4v) is 3.18. The Bertz CT molecular complexity index is 566. The fourth-order valence-electron chi connectivity index (χ4n) is 3.18. The number of ether oxygens (including phenoxy) is 2. The average Bonchev–Trinajstić information content (AvgIpc) is 2.52. The van der Waals surface area contributed by atoms with Crippen molar-refractivity contribution >= 4 is 6.09 Å². The number of amides is 1. The maximum atomic E-state index is 12.4. The van der Waals surface area contributed by atoms with E-state index >= 15 is 0 Å². The second-order valence-corrected chi connectivity index (χ2v) is 8.63. The number of hydrogen-bond acceptors (Lipinski definition) is 4. The topological polar surface area (TPSA) is 42.0 Å². The smallest absolute Gasteiger partial charge is 0.410 e. The average molecular weight is 363 g/mol. The Morgan fingerprint density at radius 2 is 1.85 bits per heavy atom. The van der Waals surface area contributed by atoms with E-state index in [0.29, 0.717) is 19.7 Å². The van der Waals surface area contributed by atoms with Crippen molar-refractivity contribution in [2.75, 3.05) is 32.8 Å². The minimum atomic E-state index is -0.480. The molecule has 0 bridgehead atoms. The van der Waals surface area contributed by atoms with Crippen LogP contribution in [-0.4, -0.2) is 59.9 Å². The second-order valence-electron chi connectivity index (χ2n) is 8.63. The summed E-state index contributed by atoms with van der Waals surface area (Å²) < 4.78 is 11.6. The van der Waals surface area contributed by atoms with Gasteiger partial charge < -0.3 is 14.4 Å². The van der Waals surface area contributed by atoms with Gasteiger partial charge in [-0.25, -0.2) is 4.79 Å². The molecule has 0 saturated carbocycles. The molecule has 1 saturated heterocycles. The first-order chi connectivity index (χ1) is 12.1. The Balaban J connectivity index is 2.02. The summed E-state index contributed by atoms with van der Waals surface area (Å²) in [6.07, 6.45) is 0.663. The summed E-state index contributed by atoms with van der Waals surface area (Å²) in [6.45, 7) is 14.4. The molecule has 1 fully saturated rings. The van der Waals surface area contributed by atoms with E-state index in [9.17, 15) is 4.79 Å². The highest BCUT2D eigenvalue weighted by Crippen LogP contribution is 2.17. The molecule has 0 aliphatic carbocycles. The van der Waals surface area contributed by atoms with Gasteiger partial charge in [0.25, 0.3) is 0 Å². The molecule has 26 heavy (non-hydrogen) atoms. The van der Waals surface area contributed by atoms with Crippen molar-refractivity contribution in [2.24, 2.45) is 0 Å². The highest BCUT2D eigenvalue weighted by atomic mass is 16.6. The summed E-state index contributed by atoms with van der Waals surface area (Å²) in [5, 5.41) is 0. The first kappa shape index (κ1) is 20.7. The van der Waals surface area contributed by atoms with Gasteiger partial charge in [-0.3, -0.25) is 4.90 Å². The monoisotopic (exact) mass is 362 g/mol. The molecule has 1 amide bonds. The molecule has 5 heteroatoms. The molecule has 1 heterocycles. The van der Waals surface area contributed by atoms with Crippen LogP contribution in [0.25, 0.3) is 0 Å². The lowest BCUT2D eigenvalue weighted by Gasteiger charge is -2.36. The van der Waals surface area contributed by atoms with Gasteiger partial charge in [0.1, 0.15) is 5.60 Å². The number of benzene rings is 1. The van der Waals surface area contributed by atoms with Crippen molar-refractivity contribution in [1.29, 1.82) is 0 Å². The minimum absolute atomic E-state index is 0.255. The number of carbonyl (C=O) groups is 1. The van der Waals surface area contributed by atoms with Crippen LogP contribution >= 0.6 is 0 Å². The second kappa shape index (κ2) is 8.87. The minimum Gasteiger partial charge on any atom is -0.444 e. The van der Waals surface area contributed by atoms with Crippen LogP contribution in [0.5, 0.6) is 0 Å². The first-order valence-electron chi connectivity index (χ1n) is 9.53. The number of carbonyl (C=O) groups excluding carboxylic acids is 1. The highest BCUT2D eigenvalue weighted by molar-refractivity contribution is 5.68. The van der Waals surface area contributed by atoms with Crippen molar-refractivity contribution in [1.82, 2.24) is 9.80 Å². The number of nitrogens with zero attached hydrogens (tertiary/aromatic N) is 2. The van der Waals surface area contributed by atoms with Gasteiger partial charge in [-0.1, -0.05) is 30.3 Å². The van der Waals surface area contributed by atoms with Crippen LogP contribution in [0.15, 0.2) is 30.3 Å². The van der Waals surface area contributed by atoms with E-state index in [1.165, 1.54) is 5.56 Å². The predicted molar refractivity (Wildman–Crippen MR) is 104 cm³/mol. The summed E-state index contributed by atoms with van der Waals surface area (Å²) >= 11 is 0. The van der Waals surface area contributed by atoms with Crippen LogP contribution in [0.4, 0.5) is 4.79 Å².